The van der Waals surface area contributed by atoms with Gasteiger partial charge in [-0.25, -0.2) is 4.68 Å². The van der Waals surface area contributed by atoms with E-state index in [2.05, 4.69) is 22.6 Å². The largest absolute Gasteiger partial charge is 0.312 e. The summed E-state index contributed by atoms with van der Waals surface area (Å²) >= 11 is 0. The highest BCUT2D eigenvalue weighted by Gasteiger charge is 2.15. The van der Waals surface area contributed by atoms with Gasteiger partial charge in [0, 0.05) is 0 Å². The van der Waals surface area contributed by atoms with E-state index in [4.69, 9.17) is 0 Å². The standard InChI is InChI=1S/C14H20N4/c1-3-4-10-13(15-2)14-11-16-17-18(14)12-8-6-5-7-9-12/h5-9,11,13,15H,3-4,10H2,1-2H3. The Kier molecular flexibility index (Phi) is 4.47. The van der Waals surface area contributed by atoms with Crippen molar-refractivity contribution in [3.8, 4) is 5.69 Å². The van der Waals surface area contributed by atoms with Crippen LogP contribution in [0.25, 0.3) is 5.69 Å². The zero-order chi connectivity index (χ0) is 12.8. The van der Waals surface area contributed by atoms with Crippen molar-refractivity contribution in [2.75, 3.05) is 7.05 Å². The van der Waals surface area contributed by atoms with Crippen LogP contribution in [0.3, 0.4) is 0 Å². The quantitative estimate of drug-likeness (QED) is 0.849. The molecule has 0 bridgehead atoms. The highest BCUT2D eigenvalue weighted by Crippen LogP contribution is 2.20. The summed E-state index contributed by atoms with van der Waals surface area (Å²) in [5.41, 5.74) is 2.18. The van der Waals surface area contributed by atoms with Gasteiger partial charge in [-0.05, 0) is 25.6 Å². The second kappa shape index (κ2) is 6.31. The predicted octanol–water partition coefficient (Wildman–Crippen LogP) is 2.72. The fraction of sp³-hybridized carbons (Fsp3) is 0.429. The van der Waals surface area contributed by atoms with Gasteiger partial charge in [0.2, 0.25) is 0 Å². The van der Waals surface area contributed by atoms with E-state index in [0.717, 1.165) is 17.8 Å². The van der Waals surface area contributed by atoms with Crippen LogP contribution in [-0.4, -0.2) is 22.0 Å². The third-order valence-electron chi connectivity index (χ3n) is 3.13. The molecule has 2 aromatic rings. The van der Waals surface area contributed by atoms with Crippen LogP contribution in [0, 0.1) is 0 Å². The van der Waals surface area contributed by atoms with Crippen molar-refractivity contribution in [1.29, 1.82) is 0 Å². The fourth-order valence-electron chi connectivity index (χ4n) is 2.10. The number of unbranched alkanes of at least 4 members (excludes halogenated alkanes) is 1. The molecule has 0 saturated carbocycles. The molecule has 1 N–H and O–H groups in total. The van der Waals surface area contributed by atoms with Gasteiger partial charge in [0.25, 0.3) is 0 Å². The minimum atomic E-state index is 0.306. The summed E-state index contributed by atoms with van der Waals surface area (Å²) in [6.45, 7) is 2.21. The first-order valence-corrected chi connectivity index (χ1v) is 6.50. The van der Waals surface area contributed by atoms with Crippen molar-refractivity contribution >= 4 is 0 Å². The molecule has 0 saturated heterocycles. The van der Waals surface area contributed by atoms with E-state index in [9.17, 15) is 0 Å². The summed E-state index contributed by atoms with van der Waals surface area (Å²) in [4.78, 5) is 0. The molecule has 96 valence electrons. The lowest BCUT2D eigenvalue weighted by Crippen LogP contribution is -2.19. The summed E-state index contributed by atoms with van der Waals surface area (Å²) in [6.07, 6.45) is 5.35. The smallest absolute Gasteiger partial charge is 0.0815 e. The molecule has 1 atom stereocenters. The maximum absolute atomic E-state index is 4.19. The Hall–Kier alpha value is -1.68. The molecule has 18 heavy (non-hydrogen) atoms. The molecule has 0 aliphatic rings. The Morgan fingerprint density at radius 3 is 2.72 bits per heavy atom. The maximum atomic E-state index is 4.19. The Bertz CT molecular complexity index is 464. The molecule has 0 spiro atoms. The van der Waals surface area contributed by atoms with E-state index >= 15 is 0 Å². The molecule has 0 amide bonds. The third kappa shape index (κ3) is 2.76. The molecular formula is C14H20N4. The van der Waals surface area contributed by atoms with Crippen LogP contribution in [0.4, 0.5) is 0 Å². The van der Waals surface area contributed by atoms with Gasteiger partial charge < -0.3 is 5.32 Å². The molecule has 0 aliphatic carbocycles. The number of hydrogen-bond donors (Lipinski definition) is 1. The molecule has 1 aromatic carbocycles. The second-order valence-corrected chi connectivity index (χ2v) is 4.39. The van der Waals surface area contributed by atoms with Crippen molar-refractivity contribution in [3.05, 3.63) is 42.2 Å². The number of nitrogens with one attached hydrogen (secondary N) is 1. The molecule has 0 aliphatic heterocycles. The fourth-order valence-corrected chi connectivity index (χ4v) is 2.10. The van der Waals surface area contributed by atoms with Gasteiger partial charge in [0.05, 0.1) is 23.6 Å². The van der Waals surface area contributed by atoms with E-state index in [-0.39, 0.29) is 0 Å². The van der Waals surface area contributed by atoms with E-state index in [1.807, 2.05) is 48.3 Å². The average molecular weight is 244 g/mol. The predicted molar refractivity (Wildman–Crippen MR) is 72.7 cm³/mol. The summed E-state index contributed by atoms with van der Waals surface area (Å²) in [7, 11) is 1.99. The van der Waals surface area contributed by atoms with Gasteiger partial charge in [-0.15, -0.1) is 5.10 Å². The van der Waals surface area contributed by atoms with Gasteiger partial charge in [-0.1, -0.05) is 43.2 Å². The van der Waals surface area contributed by atoms with E-state index in [1.165, 1.54) is 12.8 Å². The molecule has 2 rings (SSSR count). The first kappa shape index (κ1) is 12.8. The average Bonchev–Trinajstić information content (AvgIpc) is 2.90. The molecule has 4 heteroatoms. The number of hydrogen-bond acceptors (Lipinski definition) is 3. The third-order valence-corrected chi connectivity index (χ3v) is 3.13. The topological polar surface area (TPSA) is 42.7 Å². The molecule has 1 heterocycles. The SMILES string of the molecule is CCCCC(NC)c1cnnn1-c1ccccc1. The molecule has 1 aromatic heterocycles. The van der Waals surface area contributed by atoms with Gasteiger partial charge in [0.15, 0.2) is 0 Å². The highest BCUT2D eigenvalue weighted by atomic mass is 15.4. The van der Waals surface area contributed by atoms with E-state index in [0.29, 0.717) is 6.04 Å². The van der Waals surface area contributed by atoms with Gasteiger partial charge in [-0.3, -0.25) is 0 Å². The van der Waals surface area contributed by atoms with Gasteiger partial charge in [-0.2, -0.15) is 0 Å². The van der Waals surface area contributed by atoms with Crippen LogP contribution in [-0.2, 0) is 0 Å². The van der Waals surface area contributed by atoms with E-state index < -0.39 is 0 Å². The van der Waals surface area contributed by atoms with Crippen LogP contribution in [0.5, 0.6) is 0 Å². The van der Waals surface area contributed by atoms with Crippen molar-refractivity contribution in [1.82, 2.24) is 20.3 Å². The zero-order valence-electron chi connectivity index (χ0n) is 11.0. The van der Waals surface area contributed by atoms with Gasteiger partial charge >= 0.3 is 0 Å². The minimum Gasteiger partial charge on any atom is -0.312 e. The first-order chi connectivity index (χ1) is 8.86. The Labute approximate surface area is 108 Å². The summed E-state index contributed by atoms with van der Waals surface area (Å²) < 4.78 is 1.91. The lowest BCUT2D eigenvalue weighted by molar-refractivity contribution is 0.498. The Balaban J connectivity index is 2.26. The van der Waals surface area contributed by atoms with Crippen molar-refractivity contribution in [2.45, 2.75) is 32.2 Å². The number of benzene rings is 1. The minimum absolute atomic E-state index is 0.306. The molecule has 4 nitrogen and oxygen atoms in total. The lowest BCUT2D eigenvalue weighted by atomic mass is 10.1. The molecule has 0 radical (unpaired) electrons. The maximum Gasteiger partial charge on any atom is 0.0815 e. The van der Waals surface area contributed by atoms with Crippen LogP contribution in [0.1, 0.15) is 37.9 Å². The summed E-state index contributed by atoms with van der Waals surface area (Å²) in [5, 5.41) is 11.6. The molecule has 1 unspecified atom stereocenters. The lowest BCUT2D eigenvalue weighted by Gasteiger charge is -2.16. The van der Waals surface area contributed by atoms with Crippen LogP contribution in [0.15, 0.2) is 36.5 Å². The number of rotatable bonds is 6. The first-order valence-electron chi connectivity index (χ1n) is 6.50. The van der Waals surface area contributed by atoms with Crippen molar-refractivity contribution < 1.29 is 0 Å². The number of nitrogens with zero attached hydrogens (tertiary/aromatic N) is 3. The van der Waals surface area contributed by atoms with Crippen molar-refractivity contribution in [2.24, 2.45) is 0 Å². The van der Waals surface area contributed by atoms with Gasteiger partial charge in [0.1, 0.15) is 0 Å². The summed E-state index contributed by atoms with van der Waals surface area (Å²) in [5.74, 6) is 0. The highest BCUT2D eigenvalue weighted by molar-refractivity contribution is 5.32. The Morgan fingerprint density at radius 2 is 2.06 bits per heavy atom. The summed E-state index contributed by atoms with van der Waals surface area (Å²) in [6, 6.07) is 10.4. The second-order valence-electron chi connectivity index (χ2n) is 4.39. The number of para-hydroxylation sites is 1. The number of aromatic nitrogens is 3. The van der Waals surface area contributed by atoms with E-state index in [1.54, 1.807) is 0 Å². The normalized spacial score (nSPS) is 12.6. The van der Waals surface area contributed by atoms with Crippen LogP contribution < -0.4 is 5.32 Å². The molecular weight excluding hydrogens is 224 g/mol. The van der Waals surface area contributed by atoms with Crippen LogP contribution in [0.2, 0.25) is 0 Å². The molecule has 0 fully saturated rings. The Morgan fingerprint density at radius 1 is 1.28 bits per heavy atom. The zero-order valence-corrected chi connectivity index (χ0v) is 11.0. The van der Waals surface area contributed by atoms with Crippen molar-refractivity contribution in [3.63, 3.8) is 0 Å². The van der Waals surface area contributed by atoms with Crippen LogP contribution >= 0.6 is 0 Å². The monoisotopic (exact) mass is 244 g/mol.